The number of benzene rings is 1. The zero-order valence-corrected chi connectivity index (χ0v) is 10.8. The van der Waals surface area contributed by atoms with Crippen molar-refractivity contribution in [3.63, 3.8) is 0 Å². The highest BCUT2D eigenvalue weighted by Crippen LogP contribution is 2.31. The maximum absolute atomic E-state index is 5.92. The van der Waals surface area contributed by atoms with Crippen LogP contribution < -0.4 is 11.1 Å². The fraction of sp³-hybridized carbons (Fsp3) is 0.600. The summed E-state index contributed by atoms with van der Waals surface area (Å²) in [4.78, 5) is 0. The fourth-order valence-corrected chi connectivity index (χ4v) is 2.24. The van der Waals surface area contributed by atoms with Gasteiger partial charge in [-0.05, 0) is 37.8 Å². The van der Waals surface area contributed by atoms with Crippen LogP contribution in [0.15, 0.2) is 30.3 Å². The summed E-state index contributed by atoms with van der Waals surface area (Å²) in [5.74, 6) is 0.987. The average molecular weight is 232 g/mol. The van der Waals surface area contributed by atoms with Crippen molar-refractivity contribution in [1.82, 2.24) is 5.32 Å². The summed E-state index contributed by atoms with van der Waals surface area (Å²) >= 11 is 0. The van der Waals surface area contributed by atoms with Crippen LogP contribution in [0, 0.1) is 5.92 Å². The van der Waals surface area contributed by atoms with Gasteiger partial charge >= 0.3 is 0 Å². The molecule has 0 aliphatic heterocycles. The monoisotopic (exact) mass is 232 g/mol. The van der Waals surface area contributed by atoms with Gasteiger partial charge in [-0.1, -0.05) is 43.2 Å². The van der Waals surface area contributed by atoms with Gasteiger partial charge in [-0.25, -0.2) is 0 Å². The molecule has 0 heterocycles. The molecular formula is C15H24N2. The SMILES string of the molecule is CC(CN)(Cc1ccccc1)NCCC1CC1. The van der Waals surface area contributed by atoms with Crippen molar-refractivity contribution in [1.29, 1.82) is 0 Å². The highest BCUT2D eigenvalue weighted by atomic mass is 15.0. The lowest BCUT2D eigenvalue weighted by Gasteiger charge is -2.30. The highest BCUT2D eigenvalue weighted by molar-refractivity contribution is 5.17. The number of hydrogen-bond donors (Lipinski definition) is 2. The van der Waals surface area contributed by atoms with Gasteiger partial charge in [0.2, 0.25) is 0 Å². The molecule has 2 nitrogen and oxygen atoms in total. The van der Waals surface area contributed by atoms with E-state index in [9.17, 15) is 0 Å². The Balaban J connectivity index is 1.83. The van der Waals surface area contributed by atoms with Crippen LogP contribution in [0.3, 0.4) is 0 Å². The van der Waals surface area contributed by atoms with E-state index in [0.29, 0.717) is 6.54 Å². The van der Waals surface area contributed by atoms with Crippen LogP contribution in [0.5, 0.6) is 0 Å². The maximum atomic E-state index is 5.92. The minimum atomic E-state index is 0.0379. The van der Waals surface area contributed by atoms with Crippen LogP contribution in [0.4, 0.5) is 0 Å². The van der Waals surface area contributed by atoms with Crippen LogP contribution in [-0.2, 0) is 6.42 Å². The van der Waals surface area contributed by atoms with Gasteiger partial charge in [-0.2, -0.15) is 0 Å². The molecule has 0 saturated heterocycles. The van der Waals surface area contributed by atoms with E-state index in [1.807, 2.05) is 0 Å². The van der Waals surface area contributed by atoms with Gasteiger partial charge in [-0.3, -0.25) is 0 Å². The molecule has 0 radical (unpaired) electrons. The number of rotatable bonds is 7. The van der Waals surface area contributed by atoms with E-state index in [1.54, 1.807) is 0 Å². The lowest BCUT2D eigenvalue weighted by Crippen LogP contribution is -2.50. The van der Waals surface area contributed by atoms with Gasteiger partial charge in [0.1, 0.15) is 0 Å². The van der Waals surface area contributed by atoms with E-state index in [-0.39, 0.29) is 5.54 Å². The highest BCUT2D eigenvalue weighted by Gasteiger charge is 2.25. The zero-order valence-electron chi connectivity index (χ0n) is 10.8. The summed E-state index contributed by atoms with van der Waals surface area (Å²) in [5, 5.41) is 3.64. The molecule has 17 heavy (non-hydrogen) atoms. The maximum Gasteiger partial charge on any atom is 0.0316 e. The number of nitrogens with one attached hydrogen (secondary N) is 1. The first-order chi connectivity index (χ1) is 8.22. The second-order valence-corrected chi connectivity index (χ2v) is 5.59. The quantitative estimate of drug-likeness (QED) is 0.757. The van der Waals surface area contributed by atoms with Crippen LogP contribution in [0.2, 0.25) is 0 Å². The standard InChI is InChI=1S/C15H24N2/c1-15(12-16,17-10-9-13-7-8-13)11-14-5-3-2-4-6-14/h2-6,13,17H,7-12,16H2,1H3. The summed E-state index contributed by atoms with van der Waals surface area (Å²) in [7, 11) is 0. The third kappa shape index (κ3) is 4.14. The first-order valence-electron chi connectivity index (χ1n) is 6.71. The Labute approximate surface area is 105 Å². The second-order valence-electron chi connectivity index (χ2n) is 5.59. The van der Waals surface area contributed by atoms with E-state index in [0.717, 1.165) is 18.9 Å². The van der Waals surface area contributed by atoms with Gasteiger partial charge in [0.05, 0.1) is 0 Å². The lowest BCUT2D eigenvalue weighted by molar-refractivity contribution is 0.355. The van der Waals surface area contributed by atoms with Gasteiger partial charge in [0.15, 0.2) is 0 Å². The van der Waals surface area contributed by atoms with Gasteiger partial charge in [0.25, 0.3) is 0 Å². The Morgan fingerprint density at radius 3 is 2.59 bits per heavy atom. The Hall–Kier alpha value is -0.860. The van der Waals surface area contributed by atoms with Crippen molar-refractivity contribution in [2.24, 2.45) is 11.7 Å². The second kappa shape index (κ2) is 5.65. The van der Waals surface area contributed by atoms with E-state index in [1.165, 1.54) is 24.8 Å². The molecule has 0 spiro atoms. The average Bonchev–Trinajstić information content (AvgIpc) is 3.14. The molecule has 1 saturated carbocycles. The van der Waals surface area contributed by atoms with Gasteiger partial charge in [0, 0.05) is 12.1 Å². The summed E-state index contributed by atoms with van der Waals surface area (Å²) in [6.45, 7) is 4.02. The van der Waals surface area contributed by atoms with Crippen LogP contribution >= 0.6 is 0 Å². The molecule has 1 aromatic rings. The molecule has 2 rings (SSSR count). The van der Waals surface area contributed by atoms with Crippen LogP contribution in [0.25, 0.3) is 0 Å². The lowest BCUT2D eigenvalue weighted by atomic mass is 9.92. The summed E-state index contributed by atoms with van der Waals surface area (Å²) < 4.78 is 0. The molecule has 1 fully saturated rings. The first-order valence-corrected chi connectivity index (χ1v) is 6.71. The predicted molar refractivity (Wildman–Crippen MR) is 72.9 cm³/mol. The first kappa shape index (κ1) is 12.6. The molecule has 2 heteroatoms. The largest absolute Gasteiger partial charge is 0.329 e. The van der Waals surface area contributed by atoms with E-state index >= 15 is 0 Å². The fourth-order valence-electron chi connectivity index (χ4n) is 2.24. The van der Waals surface area contributed by atoms with Crippen LogP contribution in [0.1, 0.15) is 31.7 Å². The normalized spacial score (nSPS) is 18.9. The number of nitrogens with two attached hydrogens (primary N) is 1. The molecule has 3 N–H and O–H groups in total. The molecule has 1 atom stereocenters. The van der Waals surface area contributed by atoms with Gasteiger partial charge < -0.3 is 11.1 Å². The molecule has 0 amide bonds. The Bertz CT molecular complexity index is 332. The Kier molecular flexibility index (Phi) is 4.19. The molecule has 1 aliphatic rings. The molecular weight excluding hydrogens is 208 g/mol. The Morgan fingerprint density at radius 1 is 1.29 bits per heavy atom. The molecule has 0 bridgehead atoms. The van der Waals surface area contributed by atoms with E-state index < -0.39 is 0 Å². The van der Waals surface area contributed by atoms with Crippen molar-refractivity contribution >= 4 is 0 Å². The summed E-state index contributed by atoms with van der Waals surface area (Å²) in [6, 6.07) is 10.6. The molecule has 0 aromatic heterocycles. The third-order valence-corrected chi connectivity index (χ3v) is 3.69. The topological polar surface area (TPSA) is 38.0 Å². The molecule has 1 aromatic carbocycles. The molecule has 1 aliphatic carbocycles. The van der Waals surface area contributed by atoms with Crippen molar-refractivity contribution < 1.29 is 0 Å². The molecule has 1 unspecified atom stereocenters. The summed E-state index contributed by atoms with van der Waals surface area (Å²) in [6.07, 6.45) is 5.18. The van der Waals surface area contributed by atoms with Crippen molar-refractivity contribution in [3.8, 4) is 0 Å². The van der Waals surface area contributed by atoms with Crippen molar-refractivity contribution in [3.05, 3.63) is 35.9 Å². The van der Waals surface area contributed by atoms with Crippen molar-refractivity contribution in [2.45, 2.75) is 38.1 Å². The number of hydrogen-bond acceptors (Lipinski definition) is 2. The minimum Gasteiger partial charge on any atom is -0.329 e. The summed E-state index contributed by atoms with van der Waals surface area (Å²) in [5.41, 5.74) is 7.32. The van der Waals surface area contributed by atoms with E-state index in [4.69, 9.17) is 5.73 Å². The Morgan fingerprint density at radius 2 is 2.00 bits per heavy atom. The zero-order chi connectivity index (χ0) is 12.1. The molecule has 94 valence electrons. The van der Waals surface area contributed by atoms with E-state index in [2.05, 4.69) is 42.6 Å². The predicted octanol–water partition coefficient (Wildman–Crippen LogP) is 2.34. The third-order valence-electron chi connectivity index (χ3n) is 3.69. The smallest absolute Gasteiger partial charge is 0.0316 e. The van der Waals surface area contributed by atoms with Crippen LogP contribution in [-0.4, -0.2) is 18.6 Å². The van der Waals surface area contributed by atoms with Gasteiger partial charge in [-0.15, -0.1) is 0 Å². The minimum absolute atomic E-state index is 0.0379. The van der Waals surface area contributed by atoms with Crippen molar-refractivity contribution in [2.75, 3.05) is 13.1 Å².